The molecule has 0 saturated heterocycles. The predicted molar refractivity (Wildman–Crippen MR) is 100 cm³/mol. The SMILES string of the molecule is Cc1cccn2c(=O)c3cc(C(=O)N[C@@H]4CCCC[C@@H]4C)sc3nc12. The number of fused-ring (bicyclic) bond motifs is 2. The second kappa shape index (κ2) is 6.26. The number of hydrogen-bond donors (Lipinski definition) is 1. The molecule has 0 aromatic carbocycles. The highest BCUT2D eigenvalue weighted by Crippen LogP contribution is 2.26. The van der Waals surface area contributed by atoms with E-state index in [1.165, 1.54) is 17.8 Å². The zero-order chi connectivity index (χ0) is 17.6. The normalized spacial score (nSPS) is 20.9. The Bertz CT molecular complexity index is 1020. The first kappa shape index (κ1) is 16.3. The third-order valence-corrected chi connectivity index (χ3v) is 6.21. The largest absolute Gasteiger partial charge is 0.348 e. The Morgan fingerprint density at radius 1 is 1.36 bits per heavy atom. The van der Waals surface area contributed by atoms with Gasteiger partial charge < -0.3 is 5.32 Å². The van der Waals surface area contributed by atoms with Gasteiger partial charge in [0.05, 0.1) is 10.3 Å². The van der Waals surface area contributed by atoms with Gasteiger partial charge in [0.25, 0.3) is 11.5 Å². The van der Waals surface area contributed by atoms with Gasteiger partial charge in [0.1, 0.15) is 10.5 Å². The first-order valence-corrected chi connectivity index (χ1v) is 9.58. The fraction of sp³-hybridized carbons (Fsp3) is 0.421. The maximum absolute atomic E-state index is 12.7. The van der Waals surface area contributed by atoms with Gasteiger partial charge in [-0.3, -0.25) is 14.0 Å². The molecular formula is C19H21N3O2S. The topological polar surface area (TPSA) is 63.5 Å². The van der Waals surface area contributed by atoms with Crippen molar-refractivity contribution in [1.82, 2.24) is 14.7 Å². The van der Waals surface area contributed by atoms with Gasteiger partial charge in [0.15, 0.2) is 0 Å². The van der Waals surface area contributed by atoms with Gasteiger partial charge in [0.2, 0.25) is 0 Å². The number of hydrogen-bond acceptors (Lipinski definition) is 4. The molecule has 5 nitrogen and oxygen atoms in total. The van der Waals surface area contributed by atoms with Crippen molar-refractivity contribution in [2.24, 2.45) is 5.92 Å². The molecule has 0 spiro atoms. The number of aryl methyl sites for hydroxylation is 1. The summed E-state index contributed by atoms with van der Waals surface area (Å²) >= 11 is 1.30. The van der Waals surface area contributed by atoms with Gasteiger partial charge in [-0.1, -0.05) is 25.8 Å². The van der Waals surface area contributed by atoms with Crippen LogP contribution in [0, 0.1) is 12.8 Å². The van der Waals surface area contributed by atoms with E-state index < -0.39 is 0 Å². The predicted octanol–water partition coefficient (Wildman–Crippen LogP) is 3.53. The Labute approximate surface area is 149 Å². The molecule has 3 heterocycles. The molecule has 2 atom stereocenters. The van der Waals surface area contributed by atoms with E-state index in [4.69, 9.17) is 0 Å². The van der Waals surface area contributed by atoms with E-state index in [0.717, 1.165) is 24.8 Å². The molecule has 3 aromatic rings. The summed E-state index contributed by atoms with van der Waals surface area (Å²) < 4.78 is 1.55. The van der Waals surface area contributed by atoms with E-state index in [-0.39, 0.29) is 17.5 Å². The summed E-state index contributed by atoms with van der Waals surface area (Å²) in [6.07, 6.45) is 6.31. The molecule has 1 N–H and O–H groups in total. The molecular weight excluding hydrogens is 334 g/mol. The number of carbonyl (C=O) groups excluding carboxylic acids is 1. The Kier molecular flexibility index (Phi) is 4.07. The van der Waals surface area contributed by atoms with Crippen molar-refractivity contribution >= 4 is 33.1 Å². The van der Waals surface area contributed by atoms with Crippen LogP contribution in [0.4, 0.5) is 0 Å². The first-order valence-electron chi connectivity index (χ1n) is 8.77. The van der Waals surface area contributed by atoms with E-state index in [1.54, 1.807) is 16.7 Å². The molecule has 1 aliphatic carbocycles. The zero-order valence-corrected chi connectivity index (χ0v) is 15.2. The lowest BCUT2D eigenvalue weighted by Crippen LogP contribution is -2.40. The minimum Gasteiger partial charge on any atom is -0.348 e. The fourth-order valence-electron chi connectivity index (χ4n) is 3.64. The monoisotopic (exact) mass is 355 g/mol. The number of nitrogens with zero attached hydrogens (tertiary/aromatic N) is 2. The highest BCUT2D eigenvalue weighted by Gasteiger charge is 2.24. The summed E-state index contributed by atoms with van der Waals surface area (Å²) in [5, 5.41) is 3.66. The van der Waals surface area contributed by atoms with Crippen molar-refractivity contribution in [2.75, 3.05) is 0 Å². The van der Waals surface area contributed by atoms with E-state index in [0.29, 0.717) is 26.7 Å². The summed E-state index contributed by atoms with van der Waals surface area (Å²) in [5.74, 6) is 0.410. The molecule has 0 radical (unpaired) electrons. The summed E-state index contributed by atoms with van der Waals surface area (Å²) in [5.41, 5.74) is 1.47. The van der Waals surface area contributed by atoms with Crippen molar-refractivity contribution in [3.05, 3.63) is 45.2 Å². The Morgan fingerprint density at radius 2 is 2.16 bits per heavy atom. The van der Waals surface area contributed by atoms with Crippen molar-refractivity contribution < 1.29 is 4.79 Å². The molecule has 0 aliphatic heterocycles. The Balaban J connectivity index is 1.72. The number of nitrogens with one attached hydrogen (secondary N) is 1. The molecule has 1 amide bonds. The Morgan fingerprint density at radius 3 is 2.96 bits per heavy atom. The number of pyridine rings is 1. The number of rotatable bonds is 2. The van der Waals surface area contributed by atoms with Crippen LogP contribution >= 0.6 is 11.3 Å². The highest BCUT2D eigenvalue weighted by molar-refractivity contribution is 7.20. The van der Waals surface area contributed by atoms with Crippen molar-refractivity contribution in [3.8, 4) is 0 Å². The summed E-state index contributed by atoms with van der Waals surface area (Å²) in [7, 11) is 0. The quantitative estimate of drug-likeness (QED) is 0.765. The van der Waals surface area contributed by atoms with Gasteiger partial charge in [0, 0.05) is 12.2 Å². The summed E-state index contributed by atoms with van der Waals surface area (Å²) in [4.78, 5) is 31.2. The van der Waals surface area contributed by atoms with Gasteiger partial charge in [-0.15, -0.1) is 11.3 Å². The lowest BCUT2D eigenvalue weighted by Gasteiger charge is -2.29. The van der Waals surface area contributed by atoms with Crippen LogP contribution in [0.2, 0.25) is 0 Å². The molecule has 3 aromatic heterocycles. The number of amides is 1. The van der Waals surface area contributed by atoms with Crippen molar-refractivity contribution in [3.63, 3.8) is 0 Å². The van der Waals surface area contributed by atoms with Crippen LogP contribution < -0.4 is 10.9 Å². The number of aromatic nitrogens is 2. The second-order valence-corrected chi connectivity index (χ2v) is 8.00. The van der Waals surface area contributed by atoms with Gasteiger partial charge in [-0.2, -0.15) is 0 Å². The lowest BCUT2D eigenvalue weighted by atomic mass is 9.86. The van der Waals surface area contributed by atoms with Crippen LogP contribution in [-0.4, -0.2) is 21.3 Å². The minimum atomic E-state index is -0.120. The lowest BCUT2D eigenvalue weighted by molar-refractivity contribution is 0.0914. The third-order valence-electron chi connectivity index (χ3n) is 5.18. The first-order chi connectivity index (χ1) is 12.0. The average molecular weight is 355 g/mol. The molecule has 1 saturated carbocycles. The average Bonchev–Trinajstić information content (AvgIpc) is 3.03. The third kappa shape index (κ3) is 2.84. The van der Waals surface area contributed by atoms with Crippen LogP contribution in [0.25, 0.3) is 15.9 Å². The van der Waals surface area contributed by atoms with Crippen LogP contribution in [0.1, 0.15) is 47.8 Å². The van der Waals surface area contributed by atoms with E-state index in [1.807, 2.05) is 19.1 Å². The molecule has 25 heavy (non-hydrogen) atoms. The summed E-state index contributed by atoms with van der Waals surface area (Å²) in [6.45, 7) is 4.12. The van der Waals surface area contributed by atoms with Gasteiger partial charge >= 0.3 is 0 Å². The molecule has 1 aliphatic rings. The number of carbonyl (C=O) groups is 1. The fourth-order valence-corrected chi connectivity index (χ4v) is 4.57. The molecule has 0 bridgehead atoms. The molecule has 0 unspecified atom stereocenters. The van der Waals surface area contributed by atoms with Crippen molar-refractivity contribution in [2.45, 2.75) is 45.6 Å². The van der Waals surface area contributed by atoms with E-state index in [9.17, 15) is 9.59 Å². The molecule has 130 valence electrons. The van der Waals surface area contributed by atoms with Crippen LogP contribution in [0.15, 0.2) is 29.2 Å². The molecule has 6 heteroatoms. The van der Waals surface area contributed by atoms with E-state index in [2.05, 4.69) is 17.2 Å². The minimum absolute atomic E-state index is 0.0908. The van der Waals surface area contributed by atoms with Crippen LogP contribution in [-0.2, 0) is 0 Å². The molecule has 1 fully saturated rings. The summed E-state index contributed by atoms with van der Waals surface area (Å²) in [6, 6.07) is 5.68. The van der Waals surface area contributed by atoms with Crippen LogP contribution in [0.5, 0.6) is 0 Å². The van der Waals surface area contributed by atoms with Crippen molar-refractivity contribution in [1.29, 1.82) is 0 Å². The smallest absolute Gasteiger partial charge is 0.266 e. The maximum Gasteiger partial charge on any atom is 0.266 e. The number of thiophene rings is 1. The standard InChI is InChI=1S/C19H21N3O2S/c1-11-6-3-4-8-14(11)20-17(23)15-10-13-18(25-15)21-16-12(2)7-5-9-22(16)19(13)24/h5,7,9-11,14H,3-4,6,8H2,1-2H3,(H,20,23)/t11-,14+/m0/s1. The second-order valence-electron chi connectivity index (χ2n) is 6.97. The highest BCUT2D eigenvalue weighted by atomic mass is 32.1. The Hall–Kier alpha value is -2.21. The van der Waals surface area contributed by atoms with Crippen LogP contribution in [0.3, 0.4) is 0 Å². The zero-order valence-electron chi connectivity index (χ0n) is 14.4. The van der Waals surface area contributed by atoms with Gasteiger partial charge in [-0.25, -0.2) is 4.98 Å². The molecule has 4 rings (SSSR count). The van der Waals surface area contributed by atoms with E-state index >= 15 is 0 Å². The van der Waals surface area contributed by atoms with Gasteiger partial charge in [-0.05, 0) is 43.4 Å². The maximum atomic E-state index is 12.7.